The average molecular weight is 344 g/mol. The van der Waals surface area contributed by atoms with Gasteiger partial charge in [0.05, 0.1) is 18.2 Å². The summed E-state index contributed by atoms with van der Waals surface area (Å²) >= 11 is 1.59. The van der Waals surface area contributed by atoms with Gasteiger partial charge in [-0.05, 0) is 66.4 Å². The highest BCUT2D eigenvalue weighted by molar-refractivity contribution is 7.08. The molecule has 5 nitrogen and oxygen atoms in total. The molecule has 0 saturated heterocycles. The van der Waals surface area contributed by atoms with Crippen molar-refractivity contribution < 1.29 is 14.3 Å². The first-order valence-corrected chi connectivity index (χ1v) is 8.94. The Morgan fingerprint density at radius 2 is 2.21 bits per heavy atom. The minimum Gasteiger partial charge on any atom is -0.449 e. The molecule has 0 fully saturated rings. The number of anilines is 2. The van der Waals surface area contributed by atoms with E-state index in [1.807, 2.05) is 41.9 Å². The number of amides is 2. The predicted molar refractivity (Wildman–Crippen MR) is 95.9 cm³/mol. The van der Waals surface area contributed by atoms with Crippen LogP contribution in [0.3, 0.4) is 0 Å². The molecular formula is C18H20N2O3S. The molecule has 2 aromatic rings. The van der Waals surface area contributed by atoms with Gasteiger partial charge < -0.3 is 10.1 Å². The number of hydrogen-bond donors (Lipinski definition) is 1. The van der Waals surface area contributed by atoms with Crippen LogP contribution in [0, 0.1) is 0 Å². The SMILES string of the molecule is CCOC(=O)N1CCc2cc(NC(=O)C(C)c3ccsc3)ccc21. The van der Waals surface area contributed by atoms with Gasteiger partial charge in [-0.3, -0.25) is 9.69 Å². The number of benzene rings is 1. The number of ether oxygens (including phenoxy) is 1. The molecule has 0 saturated carbocycles. The van der Waals surface area contributed by atoms with Gasteiger partial charge in [0.1, 0.15) is 0 Å². The van der Waals surface area contributed by atoms with Gasteiger partial charge in [-0.25, -0.2) is 4.79 Å². The zero-order valence-electron chi connectivity index (χ0n) is 13.7. The number of thiophene rings is 1. The number of nitrogens with one attached hydrogen (secondary N) is 1. The van der Waals surface area contributed by atoms with E-state index in [-0.39, 0.29) is 17.9 Å². The Morgan fingerprint density at radius 3 is 2.92 bits per heavy atom. The van der Waals surface area contributed by atoms with Gasteiger partial charge in [-0.15, -0.1) is 0 Å². The predicted octanol–water partition coefficient (Wildman–Crippen LogP) is 4.01. The summed E-state index contributed by atoms with van der Waals surface area (Å²) in [4.78, 5) is 25.9. The number of rotatable bonds is 4. The van der Waals surface area contributed by atoms with Crippen molar-refractivity contribution in [1.29, 1.82) is 0 Å². The Bertz CT molecular complexity index is 743. The van der Waals surface area contributed by atoms with Crippen LogP contribution in [0.1, 0.15) is 30.9 Å². The molecule has 1 aromatic carbocycles. The van der Waals surface area contributed by atoms with Crippen LogP contribution in [-0.4, -0.2) is 25.2 Å². The molecular weight excluding hydrogens is 324 g/mol. The third-order valence-electron chi connectivity index (χ3n) is 4.17. The van der Waals surface area contributed by atoms with Crippen molar-refractivity contribution in [2.45, 2.75) is 26.2 Å². The first-order valence-electron chi connectivity index (χ1n) is 8.00. The van der Waals surface area contributed by atoms with E-state index >= 15 is 0 Å². The van der Waals surface area contributed by atoms with Gasteiger partial charge in [0.2, 0.25) is 5.91 Å². The molecule has 1 N–H and O–H groups in total. The highest BCUT2D eigenvalue weighted by Crippen LogP contribution is 2.31. The summed E-state index contributed by atoms with van der Waals surface area (Å²) in [5.41, 5.74) is 3.68. The molecule has 0 aliphatic carbocycles. The van der Waals surface area contributed by atoms with Crippen LogP contribution in [0.25, 0.3) is 0 Å². The van der Waals surface area contributed by atoms with E-state index in [9.17, 15) is 9.59 Å². The maximum absolute atomic E-state index is 12.4. The second kappa shape index (κ2) is 7.05. The molecule has 2 amide bonds. The molecule has 0 radical (unpaired) electrons. The summed E-state index contributed by atoms with van der Waals surface area (Å²) < 4.78 is 5.07. The second-order valence-electron chi connectivity index (χ2n) is 5.71. The number of carbonyl (C=O) groups excluding carboxylic acids is 2. The lowest BCUT2D eigenvalue weighted by molar-refractivity contribution is -0.117. The fraction of sp³-hybridized carbons (Fsp3) is 0.333. The normalized spacial score (nSPS) is 14.2. The third-order valence-corrected chi connectivity index (χ3v) is 4.87. The molecule has 126 valence electrons. The minimum atomic E-state index is -0.320. The Labute approximate surface area is 145 Å². The van der Waals surface area contributed by atoms with E-state index in [4.69, 9.17) is 4.74 Å². The Balaban J connectivity index is 1.71. The van der Waals surface area contributed by atoms with Crippen LogP contribution in [0.2, 0.25) is 0 Å². The van der Waals surface area contributed by atoms with Gasteiger partial charge in [0.15, 0.2) is 0 Å². The summed E-state index contributed by atoms with van der Waals surface area (Å²) in [6, 6.07) is 7.60. The summed E-state index contributed by atoms with van der Waals surface area (Å²) in [7, 11) is 0. The molecule has 6 heteroatoms. The van der Waals surface area contributed by atoms with E-state index < -0.39 is 0 Å². The van der Waals surface area contributed by atoms with Crippen LogP contribution in [0.5, 0.6) is 0 Å². The van der Waals surface area contributed by atoms with E-state index in [0.29, 0.717) is 13.2 Å². The number of hydrogen-bond acceptors (Lipinski definition) is 4. The molecule has 0 bridgehead atoms. The Kier molecular flexibility index (Phi) is 4.85. The highest BCUT2D eigenvalue weighted by atomic mass is 32.1. The first-order chi connectivity index (χ1) is 11.6. The van der Waals surface area contributed by atoms with Gasteiger partial charge in [0, 0.05) is 12.2 Å². The molecule has 1 unspecified atom stereocenters. The molecule has 2 heterocycles. The second-order valence-corrected chi connectivity index (χ2v) is 6.49. The van der Waals surface area contributed by atoms with Crippen molar-refractivity contribution in [2.24, 2.45) is 0 Å². The maximum atomic E-state index is 12.4. The van der Waals surface area contributed by atoms with Crippen molar-refractivity contribution in [3.8, 4) is 0 Å². The third kappa shape index (κ3) is 3.28. The zero-order chi connectivity index (χ0) is 17.1. The first kappa shape index (κ1) is 16.5. The smallest absolute Gasteiger partial charge is 0.414 e. The molecule has 1 atom stereocenters. The van der Waals surface area contributed by atoms with Crippen LogP contribution >= 0.6 is 11.3 Å². The molecule has 0 spiro atoms. The molecule has 3 rings (SSSR count). The van der Waals surface area contributed by atoms with Crippen molar-refractivity contribution in [3.05, 3.63) is 46.2 Å². The van der Waals surface area contributed by atoms with Crippen molar-refractivity contribution in [1.82, 2.24) is 0 Å². The summed E-state index contributed by atoms with van der Waals surface area (Å²) in [5, 5.41) is 6.92. The minimum absolute atomic E-state index is 0.0337. The number of carbonyl (C=O) groups is 2. The zero-order valence-corrected chi connectivity index (χ0v) is 14.6. The molecule has 24 heavy (non-hydrogen) atoms. The largest absolute Gasteiger partial charge is 0.449 e. The Morgan fingerprint density at radius 1 is 1.38 bits per heavy atom. The van der Waals surface area contributed by atoms with Crippen LogP contribution in [-0.2, 0) is 16.0 Å². The fourth-order valence-corrected chi connectivity index (χ4v) is 3.55. The lowest BCUT2D eigenvalue weighted by Crippen LogP contribution is -2.29. The van der Waals surface area contributed by atoms with Gasteiger partial charge >= 0.3 is 6.09 Å². The monoisotopic (exact) mass is 344 g/mol. The van der Waals surface area contributed by atoms with E-state index in [1.165, 1.54) is 0 Å². The van der Waals surface area contributed by atoms with Gasteiger partial charge in [-0.2, -0.15) is 11.3 Å². The summed E-state index contributed by atoms with van der Waals surface area (Å²) in [6.45, 7) is 4.66. The summed E-state index contributed by atoms with van der Waals surface area (Å²) in [5.74, 6) is -0.228. The molecule has 1 aromatic heterocycles. The number of fused-ring (bicyclic) bond motifs is 1. The lowest BCUT2D eigenvalue weighted by atomic mass is 10.0. The van der Waals surface area contributed by atoms with Crippen molar-refractivity contribution in [3.63, 3.8) is 0 Å². The maximum Gasteiger partial charge on any atom is 0.414 e. The standard InChI is InChI=1S/C18H20N2O3S/c1-3-23-18(22)20-8-6-13-10-15(4-5-16(13)20)19-17(21)12(2)14-7-9-24-11-14/h4-5,7,9-12H,3,6,8H2,1-2H3,(H,19,21). The van der Waals surface area contributed by atoms with Gasteiger partial charge in [0.25, 0.3) is 0 Å². The lowest BCUT2D eigenvalue weighted by Gasteiger charge is -2.17. The van der Waals surface area contributed by atoms with Crippen LogP contribution in [0.15, 0.2) is 35.0 Å². The summed E-state index contributed by atoms with van der Waals surface area (Å²) in [6.07, 6.45) is 0.442. The van der Waals surface area contributed by atoms with Crippen LogP contribution in [0.4, 0.5) is 16.2 Å². The van der Waals surface area contributed by atoms with E-state index in [0.717, 1.165) is 28.9 Å². The Hall–Kier alpha value is -2.34. The van der Waals surface area contributed by atoms with Crippen LogP contribution < -0.4 is 10.2 Å². The van der Waals surface area contributed by atoms with Crippen molar-refractivity contribution >= 4 is 34.7 Å². The average Bonchev–Trinajstić information content (AvgIpc) is 3.23. The van der Waals surface area contributed by atoms with Crippen molar-refractivity contribution in [2.75, 3.05) is 23.4 Å². The topological polar surface area (TPSA) is 58.6 Å². The quantitative estimate of drug-likeness (QED) is 0.912. The van der Waals surface area contributed by atoms with Gasteiger partial charge in [-0.1, -0.05) is 0 Å². The fourth-order valence-electron chi connectivity index (χ4n) is 2.79. The highest BCUT2D eigenvalue weighted by Gasteiger charge is 2.26. The number of nitrogens with zero attached hydrogens (tertiary/aromatic N) is 1. The molecule has 1 aliphatic heterocycles. The molecule has 1 aliphatic rings. The van der Waals surface area contributed by atoms with E-state index in [1.54, 1.807) is 23.2 Å². The van der Waals surface area contributed by atoms with E-state index in [2.05, 4.69) is 5.32 Å².